The van der Waals surface area contributed by atoms with Crippen LogP contribution in [-0.4, -0.2) is 23.1 Å². The average molecular weight is 221 g/mol. The number of aromatic amines is 1. The van der Waals surface area contributed by atoms with Crippen LogP contribution in [0.15, 0.2) is 17.2 Å². The smallest absolute Gasteiger partial charge is 0.290 e. The van der Waals surface area contributed by atoms with Crippen LogP contribution in [0.3, 0.4) is 0 Å². The molecule has 1 aliphatic heterocycles. The van der Waals surface area contributed by atoms with Gasteiger partial charge >= 0.3 is 0 Å². The zero-order chi connectivity index (χ0) is 11.8. The lowest BCUT2D eigenvalue weighted by molar-refractivity contribution is 0.263. The molecule has 1 atom stereocenters. The fourth-order valence-electron chi connectivity index (χ4n) is 2.23. The van der Waals surface area contributed by atoms with Crippen molar-refractivity contribution in [1.29, 1.82) is 0 Å². The third-order valence-electron chi connectivity index (χ3n) is 3.40. The molecule has 16 heavy (non-hydrogen) atoms. The van der Waals surface area contributed by atoms with Gasteiger partial charge in [-0.15, -0.1) is 0 Å². The molecule has 1 aromatic heterocycles. The number of H-pyrrole nitrogens is 1. The minimum Gasteiger partial charge on any atom is -0.352 e. The van der Waals surface area contributed by atoms with Crippen LogP contribution in [0.4, 0.5) is 5.82 Å². The van der Waals surface area contributed by atoms with Gasteiger partial charge in [0.2, 0.25) is 0 Å². The molecule has 0 bridgehead atoms. The van der Waals surface area contributed by atoms with Gasteiger partial charge in [0, 0.05) is 25.5 Å². The van der Waals surface area contributed by atoms with Gasteiger partial charge < -0.3 is 9.88 Å². The molecule has 0 radical (unpaired) electrons. The van der Waals surface area contributed by atoms with Crippen molar-refractivity contribution in [2.75, 3.05) is 18.0 Å². The third kappa shape index (κ3) is 2.10. The third-order valence-corrected chi connectivity index (χ3v) is 3.40. The van der Waals surface area contributed by atoms with Crippen LogP contribution in [0.5, 0.6) is 0 Å². The molecule has 0 aliphatic carbocycles. The highest BCUT2D eigenvalue weighted by molar-refractivity contribution is 5.36. The van der Waals surface area contributed by atoms with Crippen molar-refractivity contribution >= 4 is 5.82 Å². The van der Waals surface area contributed by atoms with Crippen molar-refractivity contribution in [3.05, 3.63) is 22.7 Å². The molecule has 1 aliphatic rings. The van der Waals surface area contributed by atoms with E-state index < -0.39 is 0 Å². The number of nitrogens with zero attached hydrogens (tertiary/aromatic N) is 2. The number of anilines is 1. The second kappa shape index (κ2) is 3.92. The highest BCUT2D eigenvalue weighted by Gasteiger charge is 2.32. The summed E-state index contributed by atoms with van der Waals surface area (Å²) < 4.78 is 0. The summed E-state index contributed by atoms with van der Waals surface area (Å²) in [5.74, 6) is 1.20. The molecule has 0 amide bonds. The van der Waals surface area contributed by atoms with E-state index in [-0.39, 0.29) is 5.56 Å². The summed E-state index contributed by atoms with van der Waals surface area (Å²) >= 11 is 0. The van der Waals surface area contributed by atoms with Crippen LogP contribution in [0, 0.1) is 11.3 Å². The lowest BCUT2D eigenvalue weighted by Gasteiger charge is -2.26. The van der Waals surface area contributed by atoms with E-state index in [9.17, 15) is 4.79 Å². The van der Waals surface area contributed by atoms with Gasteiger partial charge in [-0.2, -0.15) is 0 Å². The molecule has 1 unspecified atom stereocenters. The Morgan fingerprint density at radius 3 is 2.81 bits per heavy atom. The SMILES string of the molecule is CC(C)(C)C1CCN(c2ncc[nH]c2=O)C1. The fraction of sp³-hybridized carbons (Fsp3) is 0.667. The van der Waals surface area contributed by atoms with Crippen LogP contribution in [0.2, 0.25) is 0 Å². The van der Waals surface area contributed by atoms with Crippen molar-refractivity contribution in [1.82, 2.24) is 9.97 Å². The van der Waals surface area contributed by atoms with Gasteiger partial charge in [-0.3, -0.25) is 4.79 Å². The molecule has 1 saturated heterocycles. The first kappa shape index (κ1) is 11.2. The molecule has 2 heterocycles. The molecule has 0 saturated carbocycles. The zero-order valence-electron chi connectivity index (χ0n) is 10.2. The summed E-state index contributed by atoms with van der Waals surface area (Å²) in [5.41, 5.74) is 0.216. The molecular formula is C12H19N3O. The van der Waals surface area contributed by atoms with E-state index in [2.05, 4.69) is 35.6 Å². The summed E-state index contributed by atoms with van der Waals surface area (Å²) in [6, 6.07) is 0. The van der Waals surface area contributed by atoms with Gasteiger partial charge in [0.25, 0.3) is 5.56 Å². The lowest BCUT2D eigenvalue weighted by atomic mass is 9.80. The molecule has 1 fully saturated rings. The number of nitrogens with one attached hydrogen (secondary N) is 1. The quantitative estimate of drug-likeness (QED) is 0.784. The highest BCUT2D eigenvalue weighted by Crippen LogP contribution is 2.34. The molecule has 0 aromatic carbocycles. The number of aromatic nitrogens is 2. The minimum atomic E-state index is -0.0861. The van der Waals surface area contributed by atoms with Crippen LogP contribution >= 0.6 is 0 Å². The highest BCUT2D eigenvalue weighted by atomic mass is 16.1. The van der Waals surface area contributed by atoms with Crippen LogP contribution < -0.4 is 10.5 Å². The largest absolute Gasteiger partial charge is 0.352 e. The molecule has 4 nitrogen and oxygen atoms in total. The van der Waals surface area contributed by atoms with E-state index in [0.717, 1.165) is 19.5 Å². The van der Waals surface area contributed by atoms with Crippen LogP contribution in [-0.2, 0) is 0 Å². The van der Waals surface area contributed by atoms with E-state index in [1.165, 1.54) is 0 Å². The Morgan fingerprint density at radius 2 is 2.25 bits per heavy atom. The van der Waals surface area contributed by atoms with Gasteiger partial charge in [0.15, 0.2) is 5.82 Å². The van der Waals surface area contributed by atoms with Gasteiger partial charge in [0.1, 0.15) is 0 Å². The second-order valence-corrected chi connectivity index (χ2v) is 5.54. The Hall–Kier alpha value is -1.32. The van der Waals surface area contributed by atoms with Crippen molar-refractivity contribution in [3.63, 3.8) is 0 Å². The number of rotatable bonds is 1. The van der Waals surface area contributed by atoms with E-state index in [4.69, 9.17) is 0 Å². The van der Waals surface area contributed by atoms with Crippen molar-refractivity contribution in [2.24, 2.45) is 11.3 Å². The molecule has 1 aromatic rings. The van der Waals surface area contributed by atoms with Gasteiger partial charge in [-0.25, -0.2) is 4.98 Å². The van der Waals surface area contributed by atoms with Gasteiger partial charge in [-0.1, -0.05) is 20.8 Å². The summed E-state index contributed by atoms with van der Waals surface area (Å²) in [6.45, 7) is 8.63. The van der Waals surface area contributed by atoms with Gasteiger partial charge in [0.05, 0.1) is 0 Å². The molecule has 1 N–H and O–H groups in total. The van der Waals surface area contributed by atoms with Crippen molar-refractivity contribution in [2.45, 2.75) is 27.2 Å². The summed E-state index contributed by atoms with van der Waals surface area (Å²) in [7, 11) is 0. The topological polar surface area (TPSA) is 49.0 Å². The first-order valence-electron chi connectivity index (χ1n) is 5.77. The summed E-state index contributed by atoms with van der Waals surface area (Å²) in [6.07, 6.45) is 4.35. The fourth-order valence-corrected chi connectivity index (χ4v) is 2.23. The Bertz CT molecular complexity index is 419. The first-order chi connectivity index (χ1) is 7.48. The molecule has 4 heteroatoms. The van der Waals surface area contributed by atoms with Crippen molar-refractivity contribution in [3.8, 4) is 0 Å². The number of hydrogen-bond donors (Lipinski definition) is 1. The van der Waals surface area contributed by atoms with E-state index in [1.807, 2.05) is 0 Å². The maximum absolute atomic E-state index is 11.6. The Kier molecular flexibility index (Phi) is 2.74. The first-order valence-corrected chi connectivity index (χ1v) is 5.77. The zero-order valence-corrected chi connectivity index (χ0v) is 10.2. The molecular weight excluding hydrogens is 202 g/mol. The van der Waals surface area contributed by atoms with Gasteiger partial charge in [-0.05, 0) is 17.8 Å². The van der Waals surface area contributed by atoms with E-state index in [1.54, 1.807) is 12.4 Å². The lowest BCUT2D eigenvalue weighted by Crippen LogP contribution is -2.30. The summed E-state index contributed by atoms with van der Waals surface area (Å²) in [5, 5.41) is 0. The predicted octanol–water partition coefficient (Wildman–Crippen LogP) is 1.64. The molecule has 0 spiro atoms. The van der Waals surface area contributed by atoms with Crippen molar-refractivity contribution < 1.29 is 0 Å². The Balaban J connectivity index is 2.16. The normalized spacial score (nSPS) is 21.4. The van der Waals surface area contributed by atoms with Crippen LogP contribution in [0.25, 0.3) is 0 Å². The van der Waals surface area contributed by atoms with E-state index in [0.29, 0.717) is 17.2 Å². The monoisotopic (exact) mass is 221 g/mol. The second-order valence-electron chi connectivity index (χ2n) is 5.54. The standard InChI is InChI=1S/C12H19N3O/c1-12(2,3)9-4-7-15(8-9)10-11(16)14-6-5-13-10/h5-6,9H,4,7-8H2,1-3H3,(H,14,16). The predicted molar refractivity (Wildman–Crippen MR) is 64.6 cm³/mol. The Morgan fingerprint density at radius 1 is 1.50 bits per heavy atom. The van der Waals surface area contributed by atoms with E-state index >= 15 is 0 Å². The minimum absolute atomic E-state index is 0.0861. The maximum Gasteiger partial charge on any atom is 0.290 e. The summed E-state index contributed by atoms with van der Waals surface area (Å²) in [4.78, 5) is 20.5. The molecule has 88 valence electrons. The Labute approximate surface area is 95.7 Å². The van der Waals surface area contributed by atoms with Crippen LogP contribution in [0.1, 0.15) is 27.2 Å². The average Bonchev–Trinajstić information content (AvgIpc) is 2.66. The number of hydrogen-bond acceptors (Lipinski definition) is 3. The molecule has 2 rings (SSSR count). The maximum atomic E-state index is 11.6.